The summed E-state index contributed by atoms with van der Waals surface area (Å²) in [5.74, 6) is 0.0970. The first-order valence-corrected chi connectivity index (χ1v) is 5.82. The van der Waals surface area contributed by atoms with Gasteiger partial charge in [0.15, 0.2) is 5.78 Å². The number of carbonyl (C=O) groups excluding carboxylic acids is 1. The molecule has 0 amide bonds. The maximum absolute atomic E-state index is 11.7. The molecule has 1 aromatic carbocycles. The molecule has 0 saturated carbocycles. The van der Waals surface area contributed by atoms with E-state index in [0.717, 1.165) is 4.47 Å². The third-order valence-corrected chi connectivity index (χ3v) is 2.82. The fourth-order valence-electron chi connectivity index (χ4n) is 1.39. The summed E-state index contributed by atoms with van der Waals surface area (Å²) < 4.78 is 5.92. The number of hydrogen-bond acceptors (Lipinski definition) is 3. The van der Waals surface area contributed by atoms with Crippen LogP contribution >= 0.6 is 15.9 Å². The van der Waals surface area contributed by atoms with Gasteiger partial charge in [-0.05, 0) is 18.2 Å². The molecular weight excluding hydrogens is 272 g/mol. The average molecular weight is 287 g/mol. The van der Waals surface area contributed by atoms with Gasteiger partial charge in [-0.25, -0.2) is 0 Å². The van der Waals surface area contributed by atoms with Crippen molar-refractivity contribution < 1.29 is 14.6 Å². The van der Waals surface area contributed by atoms with E-state index >= 15 is 0 Å². The largest absolute Gasteiger partial charge is 0.496 e. The molecular formula is C12H15BrO3. The second-order valence-corrected chi connectivity index (χ2v) is 4.76. The highest BCUT2D eigenvalue weighted by Crippen LogP contribution is 2.30. The van der Waals surface area contributed by atoms with Crippen LogP contribution in [0.25, 0.3) is 0 Å². The predicted octanol–water partition coefficient (Wildman–Crippen LogP) is 2.72. The quantitative estimate of drug-likeness (QED) is 0.926. The van der Waals surface area contributed by atoms with Gasteiger partial charge in [0.1, 0.15) is 11.9 Å². The molecule has 1 rings (SSSR count). The van der Waals surface area contributed by atoms with Crippen LogP contribution in [0.1, 0.15) is 25.5 Å². The van der Waals surface area contributed by atoms with Crippen LogP contribution in [0.4, 0.5) is 0 Å². The third-order valence-electron chi connectivity index (χ3n) is 2.32. The number of aliphatic hydroxyl groups is 1. The molecule has 0 fully saturated rings. The molecule has 1 unspecified atom stereocenters. The van der Waals surface area contributed by atoms with Crippen LogP contribution < -0.4 is 4.74 Å². The van der Waals surface area contributed by atoms with Gasteiger partial charge in [0, 0.05) is 16.0 Å². The Morgan fingerprint density at radius 1 is 1.44 bits per heavy atom. The van der Waals surface area contributed by atoms with Crippen molar-refractivity contribution in [2.75, 3.05) is 7.11 Å². The van der Waals surface area contributed by atoms with E-state index in [-0.39, 0.29) is 11.7 Å². The number of ketones is 1. The number of ether oxygens (including phenoxy) is 1. The summed E-state index contributed by atoms with van der Waals surface area (Å²) in [4.78, 5) is 11.7. The number of benzene rings is 1. The molecule has 0 aliphatic heterocycles. The van der Waals surface area contributed by atoms with Crippen molar-refractivity contribution in [1.82, 2.24) is 0 Å². The van der Waals surface area contributed by atoms with Crippen molar-refractivity contribution in [3.63, 3.8) is 0 Å². The minimum absolute atomic E-state index is 0.210. The number of aliphatic hydroxyl groups excluding tert-OH is 1. The second-order valence-electron chi connectivity index (χ2n) is 3.85. The molecule has 0 radical (unpaired) electrons. The molecule has 0 spiro atoms. The van der Waals surface area contributed by atoms with Crippen LogP contribution in [0.3, 0.4) is 0 Å². The Labute approximate surface area is 104 Å². The minimum Gasteiger partial charge on any atom is -0.496 e. The SMILES string of the molecule is COc1ccc(Br)cc1C(O)C(=O)C(C)C. The van der Waals surface area contributed by atoms with Crippen LogP contribution in [-0.2, 0) is 4.79 Å². The van der Waals surface area contributed by atoms with Gasteiger partial charge in [0.25, 0.3) is 0 Å². The van der Waals surface area contributed by atoms with Crippen molar-refractivity contribution >= 4 is 21.7 Å². The molecule has 0 aliphatic carbocycles. The normalized spacial score (nSPS) is 12.6. The second kappa shape index (κ2) is 5.46. The molecule has 1 aromatic rings. The minimum atomic E-state index is -1.13. The first-order chi connectivity index (χ1) is 7.47. The fourth-order valence-corrected chi connectivity index (χ4v) is 1.77. The van der Waals surface area contributed by atoms with Crippen molar-refractivity contribution in [3.8, 4) is 5.75 Å². The Morgan fingerprint density at radius 3 is 2.56 bits per heavy atom. The highest BCUT2D eigenvalue weighted by molar-refractivity contribution is 9.10. The van der Waals surface area contributed by atoms with Gasteiger partial charge in [-0.3, -0.25) is 4.79 Å². The van der Waals surface area contributed by atoms with Crippen molar-refractivity contribution in [3.05, 3.63) is 28.2 Å². The van der Waals surface area contributed by atoms with Crippen LogP contribution in [0.2, 0.25) is 0 Å². The predicted molar refractivity (Wildman–Crippen MR) is 65.5 cm³/mol. The van der Waals surface area contributed by atoms with Crippen LogP contribution in [-0.4, -0.2) is 18.0 Å². The molecule has 3 nitrogen and oxygen atoms in total. The summed E-state index contributed by atoms with van der Waals surface area (Å²) >= 11 is 3.30. The van der Waals surface area contributed by atoms with E-state index in [0.29, 0.717) is 11.3 Å². The molecule has 4 heteroatoms. The van der Waals surface area contributed by atoms with Crippen molar-refractivity contribution in [2.24, 2.45) is 5.92 Å². The molecule has 88 valence electrons. The lowest BCUT2D eigenvalue weighted by Crippen LogP contribution is -2.18. The van der Waals surface area contributed by atoms with Gasteiger partial charge in [-0.2, -0.15) is 0 Å². The maximum Gasteiger partial charge on any atom is 0.168 e. The smallest absolute Gasteiger partial charge is 0.168 e. The molecule has 1 N–H and O–H groups in total. The number of rotatable bonds is 4. The van der Waals surface area contributed by atoms with E-state index < -0.39 is 6.10 Å². The molecule has 0 saturated heterocycles. The van der Waals surface area contributed by atoms with E-state index in [1.54, 1.807) is 32.0 Å². The van der Waals surface area contributed by atoms with Gasteiger partial charge >= 0.3 is 0 Å². The highest BCUT2D eigenvalue weighted by Gasteiger charge is 2.23. The lowest BCUT2D eigenvalue weighted by atomic mass is 9.97. The Morgan fingerprint density at radius 2 is 2.06 bits per heavy atom. The third kappa shape index (κ3) is 2.83. The molecule has 0 heterocycles. The Bertz CT molecular complexity index is 388. The number of hydrogen-bond donors (Lipinski definition) is 1. The number of halogens is 1. The number of methoxy groups -OCH3 is 1. The highest BCUT2D eigenvalue weighted by atomic mass is 79.9. The molecule has 1 atom stereocenters. The Kier molecular flexibility index (Phi) is 4.50. The Balaban J connectivity index is 3.11. The zero-order valence-electron chi connectivity index (χ0n) is 9.53. The maximum atomic E-state index is 11.7. The van der Waals surface area contributed by atoms with Gasteiger partial charge in [-0.1, -0.05) is 29.8 Å². The van der Waals surface area contributed by atoms with E-state index in [4.69, 9.17) is 4.74 Å². The standard InChI is InChI=1S/C12H15BrO3/c1-7(2)11(14)12(15)9-6-8(13)4-5-10(9)16-3/h4-7,12,15H,1-3H3. The Hall–Kier alpha value is -0.870. The van der Waals surface area contributed by atoms with Crippen LogP contribution in [0.5, 0.6) is 5.75 Å². The molecule has 0 aliphatic rings. The molecule has 0 aromatic heterocycles. The van der Waals surface area contributed by atoms with Crippen molar-refractivity contribution in [2.45, 2.75) is 20.0 Å². The van der Waals surface area contributed by atoms with Gasteiger partial charge in [0.05, 0.1) is 7.11 Å². The summed E-state index contributed by atoms with van der Waals surface area (Å²) in [6.45, 7) is 3.52. The van der Waals surface area contributed by atoms with Gasteiger partial charge in [-0.15, -0.1) is 0 Å². The van der Waals surface area contributed by atoms with Gasteiger partial charge < -0.3 is 9.84 Å². The zero-order valence-corrected chi connectivity index (χ0v) is 11.1. The van der Waals surface area contributed by atoms with Crippen molar-refractivity contribution in [1.29, 1.82) is 0 Å². The first-order valence-electron chi connectivity index (χ1n) is 5.02. The topological polar surface area (TPSA) is 46.5 Å². The molecule has 16 heavy (non-hydrogen) atoms. The summed E-state index contributed by atoms with van der Waals surface area (Å²) in [5.41, 5.74) is 0.496. The number of Topliss-reactive ketones (excluding diaryl/α,β-unsaturated/α-hetero) is 1. The zero-order chi connectivity index (χ0) is 12.3. The lowest BCUT2D eigenvalue weighted by molar-refractivity contribution is -0.130. The van der Waals surface area contributed by atoms with E-state index in [1.807, 2.05) is 0 Å². The average Bonchev–Trinajstić information content (AvgIpc) is 2.26. The summed E-state index contributed by atoms with van der Waals surface area (Å²) in [7, 11) is 1.51. The number of carbonyl (C=O) groups is 1. The fraction of sp³-hybridized carbons (Fsp3) is 0.417. The summed E-state index contributed by atoms with van der Waals surface area (Å²) in [5, 5.41) is 9.95. The van der Waals surface area contributed by atoms with E-state index in [9.17, 15) is 9.90 Å². The van der Waals surface area contributed by atoms with Crippen LogP contribution in [0, 0.1) is 5.92 Å². The summed E-state index contributed by atoms with van der Waals surface area (Å²) in [6, 6.07) is 5.22. The molecule has 0 bridgehead atoms. The lowest BCUT2D eigenvalue weighted by Gasteiger charge is -2.15. The van der Waals surface area contributed by atoms with Gasteiger partial charge in [0.2, 0.25) is 0 Å². The van der Waals surface area contributed by atoms with E-state index in [1.165, 1.54) is 7.11 Å². The van der Waals surface area contributed by atoms with Crippen LogP contribution in [0.15, 0.2) is 22.7 Å². The summed E-state index contributed by atoms with van der Waals surface area (Å²) in [6.07, 6.45) is -1.13. The monoisotopic (exact) mass is 286 g/mol. The van der Waals surface area contributed by atoms with E-state index in [2.05, 4.69) is 15.9 Å². The first kappa shape index (κ1) is 13.2.